The van der Waals surface area contributed by atoms with Crippen LogP contribution in [0, 0.1) is 11.5 Å². The molecule has 0 amide bonds. The number of hydrogen-bond donors (Lipinski definition) is 0. The Morgan fingerprint density at radius 1 is 0.438 bits per heavy atom. The molecule has 0 aliphatic carbocycles. The van der Waals surface area contributed by atoms with Gasteiger partial charge in [-0.1, -0.05) is 167 Å². The van der Waals surface area contributed by atoms with Gasteiger partial charge >= 0.3 is 0 Å². The van der Waals surface area contributed by atoms with Crippen LogP contribution in [-0.4, -0.2) is 6.21 Å². The largest absolute Gasteiger partial charge is 0.205 e. The van der Waals surface area contributed by atoms with Gasteiger partial charge in [0.05, 0.1) is 0 Å². The summed E-state index contributed by atoms with van der Waals surface area (Å²) in [6, 6.07) is 0. The molecular formula is C30H58N2. The summed E-state index contributed by atoms with van der Waals surface area (Å²) in [6.45, 7) is 2.30. The molecule has 0 saturated heterocycles. The zero-order chi connectivity index (χ0) is 23.2. The fourth-order valence-corrected chi connectivity index (χ4v) is 4.66. The number of hydrogen-bond acceptors (Lipinski definition) is 2. The van der Waals surface area contributed by atoms with E-state index in [1.165, 1.54) is 167 Å². The third kappa shape index (κ3) is 29.2. The monoisotopic (exact) mass is 446 g/mol. The molecule has 0 rings (SSSR count). The highest BCUT2D eigenvalue weighted by molar-refractivity contribution is 5.58. The number of nitrogens with zero attached hydrogens (tertiary/aromatic N) is 2. The lowest BCUT2D eigenvalue weighted by Gasteiger charge is -2.04. The minimum absolute atomic E-state index is 0.965. The molecule has 0 atom stereocenters. The standard InChI is InChI=1S/C30H58N2/c1-2-3-4-5-6-7-8-9-10-11-12-13-14-15-16-17-18-19-20-21-22-23-24-25-26-27-28-29-32-30-31/h29H,2-28H2,1H3. The Balaban J connectivity index is 3.01. The molecule has 2 nitrogen and oxygen atoms in total. The molecule has 0 unspecified atom stereocenters. The predicted molar refractivity (Wildman–Crippen MR) is 144 cm³/mol. The number of nitriles is 1. The Morgan fingerprint density at radius 3 is 0.938 bits per heavy atom. The van der Waals surface area contributed by atoms with Gasteiger partial charge in [0.15, 0.2) is 0 Å². The van der Waals surface area contributed by atoms with Crippen LogP contribution < -0.4 is 0 Å². The molecule has 0 heterocycles. The van der Waals surface area contributed by atoms with Crippen molar-refractivity contribution < 1.29 is 0 Å². The van der Waals surface area contributed by atoms with Gasteiger partial charge in [0, 0.05) is 6.21 Å². The number of aliphatic imine (C=N–C) groups is 1. The van der Waals surface area contributed by atoms with E-state index < -0.39 is 0 Å². The van der Waals surface area contributed by atoms with Crippen molar-refractivity contribution >= 4 is 6.21 Å². The van der Waals surface area contributed by atoms with E-state index in [0.717, 1.165) is 6.42 Å². The molecule has 0 bridgehead atoms. The van der Waals surface area contributed by atoms with Crippen LogP contribution in [0.2, 0.25) is 0 Å². The maximum atomic E-state index is 8.32. The molecule has 0 radical (unpaired) electrons. The highest BCUT2D eigenvalue weighted by Gasteiger charge is 1.96. The van der Waals surface area contributed by atoms with Crippen LogP contribution in [-0.2, 0) is 0 Å². The molecule has 0 aliphatic rings. The summed E-state index contributed by atoms with van der Waals surface area (Å²) in [5.74, 6) is 0. The fraction of sp³-hybridized carbons (Fsp3) is 0.933. The summed E-state index contributed by atoms with van der Waals surface area (Å²) >= 11 is 0. The summed E-state index contributed by atoms with van der Waals surface area (Å²) in [5, 5.41) is 8.32. The van der Waals surface area contributed by atoms with Crippen molar-refractivity contribution in [3.05, 3.63) is 0 Å². The highest BCUT2D eigenvalue weighted by atomic mass is 14.7. The number of rotatable bonds is 27. The first-order valence-corrected chi connectivity index (χ1v) is 14.8. The molecule has 0 aromatic carbocycles. The summed E-state index contributed by atoms with van der Waals surface area (Å²) in [4.78, 5) is 3.58. The maximum absolute atomic E-state index is 8.32. The van der Waals surface area contributed by atoms with Crippen LogP contribution in [0.1, 0.15) is 180 Å². The Hall–Kier alpha value is -0.840. The molecule has 188 valence electrons. The van der Waals surface area contributed by atoms with Gasteiger partial charge in [-0.05, 0) is 12.8 Å². The molecule has 0 aromatic rings. The molecule has 0 aromatic heterocycles. The molecule has 2 heteroatoms. The van der Waals surface area contributed by atoms with E-state index in [0.29, 0.717) is 0 Å². The smallest absolute Gasteiger partial charge is 0.186 e. The summed E-state index contributed by atoms with van der Waals surface area (Å²) in [5.41, 5.74) is 0. The third-order valence-electron chi connectivity index (χ3n) is 6.84. The Morgan fingerprint density at radius 2 is 0.688 bits per heavy atom. The van der Waals surface area contributed by atoms with Gasteiger partial charge in [0.2, 0.25) is 6.19 Å². The highest BCUT2D eigenvalue weighted by Crippen LogP contribution is 2.16. The van der Waals surface area contributed by atoms with Crippen molar-refractivity contribution in [2.75, 3.05) is 0 Å². The van der Waals surface area contributed by atoms with E-state index in [-0.39, 0.29) is 0 Å². The Bertz CT molecular complexity index is 396. The van der Waals surface area contributed by atoms with Gasteiger partial charge in [-0.15, -0.1) is 0 Å². The van der Waals surface area contributed by atoms with Crippen molar-refractivity contribution in [2.24, 2.45) is 4.99 Å². The molecule has 0 aliphatic heterocycles. The van der Waals surface area contributed by atoms with E-state index >= 15 is 0 Å². The van der Waals surface area contributed by atoms with Crippen molar-refractivity contribution in [1.82, 2.24) is 0 Å². The minimum Gasteiger partial charge on any atom is -0.186 e. The van der Waals surface area contributed by atoms with Crippen molar-refractivity contribution in [2.45, 2.75) is 180 Å². The normalized spacial score (nSPS) is 11.4. The lowest BCUT2D eigenvalue weighted by Crippen LogP contribution is -1.85. The van der Waals surface area contributed by atoms with Crippen LogP contribution in [0.3, 0.4) is 0 Å². The lowest BCUT2D eigenvalue weighted by atomic mass is 10.0. The van der Waals surface area contributed by atoms with Gasteiger partial charge < -0.3 is 0 Å². The van der Waals surface area contributed by atoms with Crippen LogP contribution in [0.5, 0.6) is 0 Å². The minimum atomic E-state index is 0.965. The van der Waals surface area contributed by atoms with Gasteiger partial charge in [0.25, 0.3) is 0 Å². The van der Waals surface area contributed by atoms with E-state index in [2.05, 4.69) is 11.9 Å². The molecule has 0 fully saturated rings. The van der Waals surface area contributed by atoms with Crippen LogP contribution >= 0.6 is 0 Å². The van der Waals surface area contributed by atoms with Crippen molar-refractivity contribution in [3.8, 4) is 6.19 Å². The van der Waals surface area contributed by atoms with E-state index in [1.54, 1.807) is 6.21 Å². The topological polar surface area (TPSA) is 36.1 Å². The summed E-state index contributed by atoms with van der Waals surface area (Å²) in [7, 11) is 0. The summed E-state index contributed by atoms with van der Waals surface area (Å²) in [6.07, 6.45) is 41.8. The van der Waals surface area contributed by atoms with Gasteiger partial charge in [-0.3, -0.25) is 0 Å². The van der Waals surface area contributed by atoms with Crippen LogP contribution in [0.4, 0.5) is 0 Å². The Kier molecular flexibility index (Phi) is 29.4. The van der Waals surface area contributed by atoms with Crippen molar-refractivity contribution in [1.29, 1.82) is 5.26 Å². The average molecular weight is 447 g/mol. The lowest BCUT2D eigenvalue weighted by molar-refractivity contribution is 0.515. The van der Waals surface area contributed by atoms with E-state index in [9.17, 15) is 0 Å². The molecule has 32 heavy (non-hydrogen) atoms. The van der Waals surface area contributed by atoms with E-state index in [1.807, 2.05) is 6.19 Å². The first-order chi connectivity index (χ1) is 15.9. The van der Waals surface area contributed by atoms with Gasteiger partial charge in [-0.2, -0.15) is 10.3 Å². The average Bonchev–Trinajstić information content (AvgIpc) is 2.81. The summed E-state index contributed by atoms with van der Waals surface area (Å²) < 4.78 is 0. The first kappa shape index (κ1) is 31.2. The first-order valence-electron chi connectivity index (χ1n) is 14.8. The van der Waals surface area contributed by atoms with Gasteiger partial charge in [-0.25, -0.2) is 0 Å². The molecule has 0 spiro atoms. The molecule has 0 N–H and O–H groups in total. The fourth-order valence-electron chi connectivity index (χ4n) is 4.66. The van der Waals surface area contributed by atoms with Crippen LogP contribution in [0.15, 0.2) is 4.99 Å². The second-order valence-electron chi connectivity index (χ2n) is 10.0. The molecular weight excluding hydrogens is 388 g/mol. The quantitative estimate of drug-likeness (QED) is 0.0701. The second-order valence-corrected chi connectivity index (χ2v) is 10.0. The SMILES string of the molecule is CCCCCCCCCCCCCCCCCCCCCCCCCCCCC=NC#N. The zero-order valence-electron chi connectivity index (χ0n) is 22.1. The van der Waals surface area contributed by atoms with Gasteiger partial charge in [0.1, 0.15) is 0 Å². The predicted octanol–water partition coefficient (Wildman–Crippen LogP) is 11.1. The maximum Gasteiger partial charge on any atom is 0.205 e. The Labute approximate surface area is 203 Å². The third-order valence-corrected chi connectivity index (χ3v) is 6.84. The number of unbranched alkanes of at least 4 members (excludes halogenated alkanes) is 26. The van der Waals surface area contributed by atoms with Crippen molar-refractivity contribution in [3.63, 3.8) is 0 Å². The second kappa shape index (κ2) is 30.2. The zero-order valence-corrected chi connectivity index (χ0v) is 22.1. The molecule has 0 saturated carbocycles. The van der Waals surface area contributed by atoms with E-state index in [4.69, 9.17) is 5.26 Å². The van der Waals surface area contributed by atoms with Crippen LogP contribution in [0.25, 0.3) is 0 Å².